The molecule has 1 fully saturated rings. The van der Waals surface area contributed by atoms with Crippen LogP contribution < -0.4 is 10.4 Å². The van der Waals surface area contributed by atoms with Crippen molar-refractivity contribution < 1.29 is 27.9 Å². The van der Waals surface area contributed by atoms with Crippen molar-refractivity contribution in [3.8, 4) is 0 Å². The van der Waals surface area contributed by atoms with Gasteiger partial charge in [-0.05, 0) is 12.1 Å². The molecule has 9 heteroatoms. The molecule has 0 spiro atoms. The zero-order valence-corrected chi connectivity index (χ0v) is 10.9. The Labute approximate surface area is 118 Å². The van der Waals surface area contributed by atoms with Crippen molar-refractivity contribution in [3.63, 3.8) is 0 Å². The molecule has 1 amide bonds. The number of rotatable bonds is 1. The highest BCUT2D eigenvalue weighted by atomic mass is 19.4. The maximum atomic E-state index is 11.9. The van der Waals surface area contributed by atoms with Gasteiger partial charge in [0, 0.05) is 44.1 Å². The number of carbonyl (C=O) groups excluding carboxylic acids is 2. The van der Waals surface area contributed by atoms with E-state index in [1.807, 2.05) is 4.90 Å². The number of halogens is 3. The van der Waals surface area contributed by atoms with Crippen molar-refractivity contribution in [1.29, 1.82) is 0 Å². The lowest BCUT2D eigenvalue weighted by atomic mass is 10.2. The van der Waals surface area contributed by atoms with Gasteiger partial charge in [-0.3, -0.25) is 9.78 Å². The van der Waals surface area contributed by atoms with Crippen LogP contribution in [0.3, 0.4) is 0 Å². The lowest BCUT2D eigenvalue weighted by molar-refractivity contribution is -0.344. The minimum Gasteiger partial charge on any atom is -0.542 e. The van der Waals surface area contributed by atoms with Crippen molar-refractivity contribution in [2.45, 2.75) is 6.18 Å². The quantitative estimate of drug-likeness (QED) is 0.751. The molecule has 0 aliphatic carbocycles. The number of carbonyl (C=O) groups is 2. The molecule has 1 aromatic rings. The highest BCUT2D eigenvalue weighted by molar-refractivity contribution is 5.94. The molecule has 1 aliphatic heterocycles. The third kappa shape index (κ3) is 5.78. The van der Waals surface area contributed by atoms with Crippen LogP contribution in [0.5, 0.6) is 0 Å². The molecule has 1 N–H and O–H groups in total. The van der Waals surface area contributed by atoms with Crippen LogP contribution in [-0.4, -0.2) is 54.1 Å². The summed E-state index contributed by atoms with van der Waals surface area (Å²) in [6, 6.07) is 3.51. The van der Waals surface area contributed by atoms with Crippen LogP contribution in [0.1, 0.15) is 10.4 Å². The first-order chi connectivity index (χ1) is 9.82. The number of carboxylic acids is 1. The third-order valence-electron chi connectivity index (χ3n) is 2.56. The van der Waals surface area contributed by atoms with E-state index < -0.39 is 12.1 Å². The minimum atomic E-state index is -5.19. The van der Waals surface area contributed by atoms with Crippen LogP contribution in [0, 0.1) is 0 Å². The summed E-state index contributed by atoms with van der Waals surface area (Å²) in [5.74, 6) is -2.90. The summed E-state index contributed by atoms with van der Waals surface area (Å²) in [6.45, 7) is 3.36. The average molecular weight is 304 g/mol. The first kappa shape index (κ1) is 16.9. The van der Waals surface area contributed by atoms with Gasteiger partial charge in [0.05, 0.1) is 0 Å². The molecule has 1 aromatic heterocycles. The number of aromatic nitrogens is 1. The number of pyridine rings is 1. The highest BCUT2D eigenvalue weighted by Crippen LogP contribution is 2.11. The fourth-order valence-electron chi connectivity index (χ4n) is 1.54. The first-order valence-corrected chi connectivity index (χ1v) is 6.00. The van der Waals surface area contributed by atoms with E-state index in [4.69, 9.17) is 9.90 Å². The van der Waals surface area contributed by atoms with Crippen LogP contribution >= 0.6 is 0 Å². The fourth-order valence-corrected chi connectivity index (χ4v) is 1.54. The Hall–Kier alpha value is -2.16. The second-order valence-electron chi connectivity index (χ2n) is 4.06. The summed E-state index contributed by atoms with van der Waals surface area (Å²) in [4.78, 5) is 26.4. The fraction of sp³-hybridized carbons (Fsp3) is 0.417. The lowest BCUT2D eigenvalue weighted by Gasteiger charge is -2.27. The third-order valence-corrected chi connectivity index (χ3v) is 2.56. The topological polar surface area (TPSA) is 85.4 Å². The molecule has 21 heavy (non-hydrogen) atoms. The zero-order chi connectivity index (χ0) is 15.9. The summed E-state index contributed by atoms with van der Waals surface area (Å²) < 4.78 is 31.5. The van der Waals surface area contributed by atoms with E-state index in [9.17, 15) is 18.0 Å². The van der Waals surface area contributed by atoms with Crippen molar-refractivity contribution in [2.75, 3.05) is 26.2 Å². The monoisotopic (exact) mass is 304 g/mol. The van der Waals surface area contributed by atoms with Crippen molar-refractivity contribution in [2.24, 2.45) is 0 Å². The lowest BCUT2D eigenvalue weighted by Crippen LogP contribution is -2.46. The molecule has 0 aromatic carbocycles. The Morgan fingerprint density at radius 2 is 1.67 bits per heavy atom. The van der Waals surface area contributed by atoms with Crippen LogP contribution in [0.2, 0.25) is 0 Å². The molecule has 1 aliphatic rings. The smallest absolute Gasteiger partial charge is 0.430 e. The number of nitrogens with one attached hydrogen (secondary N) is 1. The molecule has 0 saturated carbocycles. The highest BCUT2D eigenvalue weighted by Gasteiger charge is 2.28. The van der Waals surface area contributed by atoms with E-state index in [-0.39, 0.29) is 5.91 Å². The average Bonchev–Trinajstić information content (AvgIpc) is 2.48. The van der Waals surface area contributed by atoms with Gasteiger partial charge in [-0.2, -0.15) is 13.2 Å². The van der Waals surface area contributed by atoms with Gasteiger partial charge in [0.15, 0.2) is 0 Å². The van der Waals surface area contributed by atoms with Crippen molar-refractivity contribution in [3.05, 3.63) is 30.1 Å². The molecule has 6 nitrogen and oxygen atoms in total. The number of hydrogen-bond donors (Lipinski definition) is 1. The maximum absolute atomic E-state index is 11.9. The second kappa shape index (κ2) is 7.58. The normalized spacial score (nSPS) is 14.9. The standard InChI is InChI=1S/C10H13N3O.C2HF3O2/c14-10(9-1-3-11-4-2-9)13-7-5-12-6-8-13;3-2(4,5)1(6)7/h1-4,12H,5-8H2;(H,6,7)/p-1. The predicted octanol–water partition coefficient (Wildman–Crippen LogP) is -0.574. The number of alkyl halides is 3. The molecule has 116 valence electrons. The van der Waals surface area contributed by atoms with Gasteiger partial charge < -0.3 is 20.1 Å². The van der Waals surface area contributed by atoms with E-state index in [1.54, 1.807) is 24.5 Å². The van der Waals surface area contributed by atoms with Gasteiger partial charge in [0.25, 0.3) is 5.91 Å². The van der Waals surface area contributed by atoms with Crippen molar-refractivity contribution in [1.82, 2.24) is 15.2 Å². The molecule has 2 heterocycles. The van der Waals surface area contributed by atoms with Crippen LogP contribution in [0.15, 0.2) is 24.5 Å². The van der Waals surface area contributed by atoms with E-state index in [0.29, 0.717) is 0 Å². The van der Waals surface area contributed by atoms with Crippen molar-refractivity contribution >= 4 is 11.9 Å². The van der Waals surface area contributed by atoms with Gasteiger partial charge >= 0.3 is 6.18 Å². The largest absolute Gasteiger partial charge is 0.542 e. The van der Waals surface area contributed by atoms with E-state index >= 15 is 0 Å². The summed E-state index contributed by atoms with van der Waals surface area (Å²) in [7, 11) is 0. The number of amides is 1. The van der Waals surface area contributed by atoms with Gasteiger partial charge in [0.1, 0.15) is 5.97 Å². The maximum Gasteiger partial charge on any atom is 0.430 e. The van der Waals surface area contributed by atoms with Crippen LogP contribution in [-0.2, 0) is 4.79 Å². The number of carboxylic acid groups (broad SMARTS) is 1. The molecule has 0 atom stereocenters. The number of hydrogen-bond acceptors (Lipinski definition) is 5. The van der Waals surface area contributed by atoms with E-state index in [2.05, 4.69) is 10.3 Å². The molecule has 0 unspecified atom stereocenters. The molecule has 1 saturated heterocycles. The molecular formula is C12H13F3N3O3-. The number of nitrogens with zero attached hydrogens (tertiary/aromatic N) is 2. The number of aliphatic carboxylic acids is 1. The van der Waals surface area contributed by atoms with Crippen LogP contribution in [0.25, 0.3) is 0 Å². The molecular weight excluding hydrogens is 291 g/mol. The SMILES string of the molecule is O=C([O-])C(F)(F)F.O=C(c1ccncc1)N1CCNCC1. The second-order valence-corrected chi connectivity index (χ2v) is 4.06. The molecule has 2 rings (SSSR count). The minimum absolute atomic E-state index is 0.105. The summed E-state index contributed by atoms with van der Waals surface area (Å²) in [5.41, 5.74) is 0.724. The molecule has 0 bridgehead atoms. The summed E-state index contributed by atoms with van der Waals surface area (Å²) in [6.07, 6.45) is -1.90. The predicted molar refractivity (Wildman–Crippen MR) is 64.1 cm³/mol. The zero-order valence-electron chi connectivity index (χ0n) is 10.9. The Morgan fingerprint density at radius 3 is 2.10 bits per heavy atom. The van der Waals surface area contributed by atoms with E-state index in [0.717, 1.165) is 31.7 Å². The van der Waals surface area contributed by atoms with Gasteiger partial charge in [-0.25, -0.2) is 0 Å². The molecule has 0 radical (unpaired) electrons. The van der Waals surface area contributed by atoms with Crippen LogP contribution in [0.4, 0.5) is 13.2 Å². The Morgan fingerprint density at radius 1 is 1.19 bits per heavy atom. The van der Waals surface area contributed by atoms with Gasteiger partial charge in [0.2, 0.25) is 0 Å². The number of piperazine rings is 1. The van der Waals surface area contributed by atoms with Gasteiger partial charge in [-0.1, -0.05) is 0 Å². The Bertz CT molecular complexity index is 474. The Balaban J connectivity index is 0.000000270. The summed E-state index contributed by atoms with van der Waals surface area (Å²) >= 11 is 0. The summed E-state index contributed by atoms with van der Waals surface area (Å²) in [5, 5.41) is 12.0. The first-order valence-electron chi connectivity index (χ1n) is 6.00. The Kier molecular flexibility index (Phi) is 6.10. The van der Waals surface area contributed by atoms with E-state index in [1.165, 1.54) is 0 Å². The van der Waals surface area contributed by atoms with Gasteiger partial charge in [-0.15, -0.1) is 0 Å².